The van der Waals surface area contributed by atoms with Crippen molar-refractivity contribution in [3.05, 3.63) is 34.9 Å². The summed E-state index contributed by atoms with van der Waals surface area (Å²) < 4.78 is 0. The fourth-order valence-corrected chi connectivity index (χ4v) is 2.10. The number of nitrogens with one attached hydrogen (secondary N) is 1. The minimum absolute atomic E-state index is 0.0853. The van der Waals surface area contributed by atoms with Crippen LogP contribution in [0.5, 0.6) is 0 Å². The number of benzene rings is 1. The summed E-state index contributed by atoms with van der Waals surface area (Å²) in [5, 5.41) is 11.7. The fourth-order valence-electron chi connectivity index (χ4n) is 2.10. The number of hydrogen-bond acceptors (Lipinski definition) is 3. The molecule has 1 rings (SSSR count). The summed E-state index contributed by atoms with van der Waals surface area (Å²) in [6.07, 6.45) is 0. The van der Waals surface area contributed by atoms with Gasteiger partial charge in [-0.3, -0.25) is 4.79 Å². The van der Waals surface area contributed by atoms with Gasteiger partial charge in [0.25, 0.3) is 5.91 Å². The second-order valence-corrected chi connectivity index (χ2v) is 4.83. The molecule has 0 aliphatic carbocycles. The van der Waals surface area contributed by atoms with Crippen molar-refractivity contribution in [2.24, 2.45) is 0 Å². The number of nitrogens with zero attached hydrogens (tertiary/aromatic N) is 1. The third-order valence-electron chi connectivity index (χ3n) is 3.26. The topological polar surface area (TPSA) is 52.6 Å². The summed E-state index contributed by atoms with van der Waals surface area (Å²) in [6.45, 7) is 9.41. The highest BCUT2D eigenvalue weighted by Gasteiger charge is 2.07. The predicted octanol–water partition coefficient (Wildman–Crippen LogP) is 1.41. The van der Waals surface area contributed by atoms with Crippen molar-refractivity contribution in [2.45, 2.75) is 20.8 Å². The Labute approximate surface area is 127 Å². The van der Waals surface area contributed by atoms with E-state index in [9.17, 15) is 4.79 Å². The number of aliphatic hydroxyl groups is 1. The second kappa shape index (κ2) is 9.17. The smallest absolute Gasteiger partial charge is 0.251 e. The lowest BCUT2D eigenvalue weighted by molar-refractivity contribution is 0.0949. The van der Waals surface area contributed by atoms with Gasteiger partial charge in [-0.15, -0.1) is 0 Å². The molecule has 1 aromatic rings. The van der Waals surface area contributed by atoms with Crippen molar-refractivity contribution in [2.75, 3.05) is 32.8 Å². The lowest BCUT2D eigenvalue weighted by Crippen LogP contribution is -2.34. The summed E-state index contributed by atoms with van der Waals surface area (Å²) in [5.74, 6) is 5.35. The van der Waals surface area contributed by atoms with Crippen LogP contribution in [0, 0.1) is 18.8 Å². The molecule has 0 aromatic heterocycles. The lowest BCUT2D eigenvalue weighted by Gasteiger charge is -2.18. The van der Waals surface area contributed by atoms with Gasteiger partial charge in [0.15, 0.2) is 0 Å². The fraction of sp³-hybridized carbons (Fsp3) is 0.471. The number of hydrogen-bond donors (Lipinski definition) is 2. The van der Waals surface area contributed by atoms with Gasteiger partial charge in [-0.1, -0.05) is 25.7 Å². The molecule has 0 unspecified atom stereocenters. The molecular formula is C17H24N2O2. The van der Waals surface area contributed by atoms with Gasteiger partial charge in [-0.25, -0.2) is 0 Å². The standard InChI is InChI=1S/C17H24N2O2/c1-4-19(5-2)9-8-18-17(21)16-12-14(3)11-15(13-16)7-6-10-20/h11-13,20H,4-5,8-10H2,1-3H3,(H,18,21). The summed E-state index contributed by atoms with van der Waals surface area (Å²) in [5.41, 5.74) is 2.34. The molecule has 21 heavy (non-hydrogen) atoms. The minimum atomic E-state index is -0.181. The van der Waals surface area contributed by atoms with E-state index in [1.165, 1.54) is 0 Å². The summed E-state index contributed by atoms with van der Waals surface area (Å²) in [6, 6.07) is 5.49. The molecular weight excluding hydrogens is 264 g/mol. The summed E-state index contributed by atoms with van der Waals surface area (Å²) in [4.78, 5) is 14.4. The van der Waals surface area contributed by atoms with Crippen LogP contribution in [0.1, 0.15) is 35.3 Å². The number of aryl methyl sites for hydroxylation is 1. The Kier molecular flexibility index (Phi) is 7.52. The van der Waals surface area contributed by atoms with Crippen LogP contribution in [0.15, 0.2) is 18.2 Å². The van der Waals surface area contributed by atoms with Crippen LogP contribution in [0.25, 0.3) is 0 Å². The zero-order valence-electron chi connectivity index (χ0n) is 13.1. The number of carbonyl (C=O) groups is 1. The highest BCUT2D eigenvalue weighted by Crippen LogP contribution is 2.09. The predicted molar refractivity (Wildman–Crippen MR) is 85.3 cm³/mol. The van der Waals surface area contributed by atoms with Gasteiger partial charge in [-0.05, 0) is 43.8 Å². The first-order chi connectivity index (χ1) is 10.1. The average molecular weight is 288 g/mol. The van der Waals surface area contributed by atoms with Crippen LogP contribution < -0.4 is 5.32 Å². The summed E-state index contributed by atoms with van der Waals surface area (Å²) >= 11 is 0. The van der Waals surface area contributed by atoms with E-state index in [0.717, 1.165) is 30.8 Å². The first-order valence-electron chi connectivity index (χ1n) is 7.32. The van der Waals surface area contributed by atoms with E-state index >= 15 is 0 Å². The van der Waals surface area contributed by atoms with Gasteiger partial charge >= 0.3 is 0 Å². The zero-order valence-corrected chi connectivity index (χ0v) is 13.1. The summed E-state index contributed by atoms with van der Waals surface area (Å²) in [7, 11) is 0. The molecule has 0 radical (unpaired) electrons. The van der Waals surface area contributed by atoms with E-state index in [1.807, 2.05) is 19.1 Å². The molecule has 114 valence electrons. The molecule has 0 aliphatic heterocycles. The van der Waals surface area contributed by atoms with E-state index in [4.69, 9.17) is 5.11 Å². The van der Waals surface area contributed by atoms with Gasteiger partial charge in [0, 0.05) is 24.2 Å². The Balaban J connectivity index is 2.67. The number of aliphatic hydroxyl groups excluding tert-OH is 1. The molecule has 0 saturated heterocycles. The molecule has 1 aromatic carbocycles. The highest BCUT2D eigenvalue weighted by molar-refractivity contribution is 5.94. The van der Waals surface area contributed by atoms with Gasteiger partial charge in [-0.2, -0.15) is 0 Å². The molecule has 4 heteroatoms. The first kappa shape index (κ1) is 17.2. The average Bonchev–Trinajstić information content (AvgIpc) is 2.48. The van der Waals surface area contributed by atoms with Gasteiger partial charge < -0.3 is 15.3 Å². The highest BCUT2D eigenvalue weighted by atomic mass is 16.2. The maximum Gasteiger partial charge on any atom is 0.251 e. The molecule has 0 atom stereocenters. The monoisotopic (exact) mass is 288 g/mol. The largest absolute Gasteiger partial charge is 0.384 e. The maximum atomic E-state index is 12.2. The van der Waals surface area contributed by atoms with Crippen molar-refractivity contribution < 1.29 is 9.90 Å². The van der Waals surface area contributed by atoms with E-state index in [1.54, 1.807) is 6.07 Å². The van der Waals surface area contributed by atoms with E-state index in [2.05, 4.69) is 35.9 Å². The molecule has 2 N–H and O–H groups in total. The van der Waals surface area contributed by atoms with Gasteiger partial charge in [0.1, 0.15) is 6.61 Å². The molecule has 0 spiro atoms. The van der Waals surface area contributed by atoms with Gasteiger partial charge in [0.2, 0.25) is 0 Å². The van der Waals surface area contributed by atoms with E-state index in [-0.39, 0.29) is 12.5 Å². The van der Waals surface area contributed by atoms with Crippen LogP contribution in [-0.2, 0) is 0 Å². The van der Waals surface area contributed by atoms with Crippen molar-refractivity contribution in [3.8, 4) is 11.8 Å². The molecule has 0 saturated carbocycles. The normalized spacial score (nSPS) is 10.1. The first-order valence-corrected chi connectivity index (χ1v) is 7.32. The number of amides is 1. The van der Waals surface area contributed by atoms with E-state index in [0.29, 0.717) is 12.1 Å². The van der Waals surface area contributed by atoms with Crippen LogP contribution in [0.4, 0.5) is 0 Å². The lowest BCUT2D eigenvalue weighted by atomic mass is 10.1. The molecule has 0 aliphatic rings. The zero-order chi connectivity index (χ0) is 15.7. The second-order valence-electron chi connectivity index (χ2n) is 4.83. The Morgan fingerprint density at radius 3 is 2.62 bits per heavy atom. The quantitative estimate of drug-likeness (QED) is 0.778. The van der Waals surface area contributed by atoms with E-state index < -0.39 is 0 Å². The minimum Gasteiger partial charge on any atom is -0.384 e. The SMILES string of the molecule is CCN(CC)CCNC(=O)c1cc(C)cc(C#CCO)c1. The third-order valence-corrected chi connectivity index (χ3v) is 3.26. The number of likely N-dealkylation sites (N-methyl/N-ethyl adjacent to an activating group) is 1. The molecule has 0 bridgehead atoms. The van der Waals surface area contributed by atoms with Crippen molar-refractivity contribution in [3.63, 3.8) is 0 Å². The Hall–Kier alpha value is -1.83. The van der Waals surface area contributed by atoms with Crippen LogP contribution in [-0.4, -0.2) is 48.7 Å². The Morgan fingerprint density at radius 1 is 1.29 bits per heavy atom. The van der Waals surface area contributed by atoms with Crippen LogP contribution >= 0.6 is 0 Å². The van der Waals surface area contributed by atoms with Crippen LogP contribution in [0.3, 0.4) is 0 Å². The molecule has 4 nitrogen and oxygen atoms in total. The number of rotatable bonds is 6. The van der Waals surface area contributed by atoms with Crippen molar-refractivity contribution in [1.82, 2.24) is 10.2 Å². The van der Waals surface area contributed by atoms with Crippen molar-refractivity contribution in [1.29, 1.82) is 0 Å². The molecule has 0 fully saturated rings. The third kappa shape index (κ3) is 5.99. The Bertz CT molecular complexity index is 525. The van der Waals surface area contributed by atoms with Crippen LogP contribution in [0.2, 0.25) is 0 Å². The van der Waals surface area contributed by atoms with Crippen molar-refractivity contribution >= 4 is 5.91 Å². The Morgan fingerprint density at radius 2 is 2.00 bits per heavy atom. The molecule has 0 heterocycles. The van der Waals surface area contributed by atoms with Gasteiger partial charge in [0.05, 0.1) is 0 Å². The maximum absolute atomic E-state index is 12.2. The molecule has 1 amide bonds. The number of carbonyl (C=O) groups excluding carboxylic acids is 1.